The highest BCUT2D eigenvalue weighted by Gasteiger charge is 2.22. The molecule has 2 aromatic heterocycles. The maximum atomic E-state index is 12.6. The first-order valence-corrected chi connectivity index (χ1v) is 13.8. The first kappa shape index (κ1) is 25.4. The SMILES string of the molecule is C=CCn1c(SCC(=O)Nc2nnc(C3CCCCC3)s2)nnc1C(C)Oc1ccc(C)cc1C. The molecule has 0 radical (unpaired) electrons. The number of carbonyl (C=O) groups excluding carboxylic acids is 1. The van der Waals surface area contributed by atoms with Gasteiger partial charge in [-0.3, -0.25) is 14.7 Å². The van der Waals surface area contributed by atoms with Crippen LogP contribution in [0.25, 0.3) is 0 Å². The molecule has 1 N–H and O–H groups in total. The number of aromatic nitrogens is 5. The fourth-order valence-corrected chi connectivity index (χ4v) is 5.95. The van der Waals surface area contributed by atoms with Gasteiger partial charge < -0.3 is 4.74 Å². The van der Waals surface area contributed by atoms with Crippen LogP contribution in [-0.2, 0) is 11.3 Å². The fraction of sp³-hybridized carbons (Fsp3) is 0.480. The van der Waals surface area contributed by atoms with E-state index in [1.807, 2.05) is 30.5 Å². The summed E-state index contributed by atoms with van der Waals surface area (Å²) in [6.45, 7) is 10.4. The fourth-order valence-electron chi connectivity index (χ4n) is 4.27. The average Bonchev–Trinajstić information content (AvgIpc) is 3.47. The van der Waals surface area contributed by atoms with Crippen molar-refractivity contribution in [2.24, 2.45) is 0 Å². The van der Waals surface area contributed by atoms with Crippen LogP contribution in [0, 0.1) is 13.8 Å². The molecule has 1 aromatic carbocycles. The van der Waals surface area contributed by atoms with Gasteiger partial charge in [0.15, 0.2) is 17.1 Å². The number of anilines is 1. The smallest absolute Gasteiger partial charge is 0.236 e. The minimum Gasteiger partial charge on any atom is -0.482 e. The third kappa shape index (κ3) is 6.49. The van der Waals surface area contributed by atoms with Crippen LogP contribution in [0.4, 0.5) is 5.13 Å². The first-order valence-electron chi connectivity index (χ1n) is 12.0. The number of nitrogens with one attached hydrogen (secondary N) is 1. The van der Waals surface area contributed by atoms with Gasteiger partial charge >= 0.3 is 0 Å². The standard InChI is InChI=1S/C25H32N6O2S2/c1-5-13-31-22(18(4)33-20-12-11-16(2)14-17(20)3)27-30-25(31)34-15-21(32)26-24-29-28-23(35-24)19-9-7-6-8-10-19/h5,11-12,14,18-19H,1,6-10,13,15H2,2-4H3,(H,26,29,32). The summed E-state index contributed by atoms with van der Waals surface area (Å²) < 4.78 is 8.12. The van der Waals surface area contributed by atoms with Gasteiger partial charge in [0.25, 0.3) is 0 Å². The summed E-state index contributed by atoms with van der Waals surface area (Å²) in [5.74, 6) is 2.03. The summed E-state index contributed by atoms with van der Waals surface area (Å²) in [7, 11) is 0. The number of ether oxygens (including phenoxy) is 1. The summed E-state index contributed by atoms with van der Waals surface area (Å²) >= 11 is 2.81. The molecular weight excluding hydrogens is 480 g/mol. The molecule has 0 aliphatic heterocycles. The van der Waals surface area contributed by atoms with E-state index in [-0.39, 0.29) is 17.8 Å². The molecular formula is C25H32N6O2S2. The number of thioether (sulfide) groups is 1. The molecule has 1 saturated carbocycles. The number of aryl methyl sites for hydroxylation is 2. The number of rotatable bonds is 10. The van der Waals surface area contributed by atoms with Crippen LogP contribution < -0.4 is 10.1 Å². The molecule has 1 aliphatic rings. The van der Waals surface area contributed by atoms with E-state index in [2.05, 4.69) is 45.3 Å². The summed E-state index contributed by atoms with van der Waals surface area (Å²) in [4.78, 5) is 12.6. The lowest BCUT2D eigenvalue weighted by atomic mass is 9.90. The molecule has 1 atom stereocenters. The molecule has 0 saturated heterocycles. The van der Waals surface area contributed by atoms with Crippen molar-refractivity contribution in [3.05, 3.63) is 52.8 Å². The molecule has 2 heterocycles. The number of amides is 1. The summed E-state index contributed by atoms with van der Waals surface area (Å²) in [6.07, 6.45) is 7.57. The second kappa shape index (κ2) is 11.8. The number of nitrogens with zero attached hydrogens (tertiary/aromatic N) is 5. The summed E-state index contributed by atoms with van der Waals surface area (Å²) in [6, 6.07) is 6.09. The molecule has 1 unspecified atom stereocenters. The van der Waals surface area contributed by atoms with E-state index in [0.29, 0.717) is 28.6 Å². The van der Waals surface area contributed by atoms with Gasteiger partial charge in [-0.05, 0) is 45.2 Å². The van der Waals surface area contributed by atoms with Gasteiger partial charge in [-0.15, -0.1) is 27.0 Å². The second-order valence-electron chi connectivity index (χ2n) is 8.89. The Morgan fingerprint density at radius 3 is 2.80 bits per heavy atom. The van der Waals surface area contributed by atoms with Crippen molar-refractivity contribution in [1.29, 1.82) is 0 Å². The van der Waals surface area contributed by atoms with Crippen molar-refractivity contribution in [3.8, 4) is 5.75 Å². The number of hydrogen-bond acceptors (Lipinski definition) is 8. The molecule has 35 heavy (non-hydrogen) atoms. The number of hydrogen-bond donors (Lipinski definition) is 1. The third-order valence-electron chi connectivity index (χ3n) is 6.03. The Balaban J connectivity index is 1.37. The van der Waals surface area contributed by atoms with Gasteiger partial charge in [-0.1, -0.05) is 66.1 Å². The van der Waals surface area contributed by atoms with Crippen molar-refractivity contribution in [1.82, 2.24) is 25.0 Å². The number of allylic oxidation sites excluding steroid dienone is 1. The Hall–Kier alpha value is -2.72. The molecule has 0 bridgehead atoms. The van der Waals surface area contributed by atoms with Crippen molar-refractivity contribution >= 4 is 34.1 Å². The van der Waals surface area contributed by atoms with E-state index >= 15 is 0 Å². The van der Waals surface area contributed by atoms with Crippen LogP contribution in [0.5, 0.6) is 5.75 Å². The van der Waals surface area contributed by atoms with Crippen LogP contribution >= 0.6 is 23.1 Å². The van der Waals surface area contributed by atoms with Gasteiger partial charge in [0, 0.05) is 12.5 Å². The van der Waals surface area contributed by atoms with Gasteiger partial charge in [-0.2, -0.15) is 0 Å². The predicted octanol–water partition coefficient (Wildman–Crippen LogP) is 5.85. The Kier molecular flexibility index (Phi) is 8.56. The minimum absolute atomic E-state index is 0.143. The third-order valence-corrected chi connectivity index (χ3v) is 8.00. The molecule has 8 nitrogen and oxygen atoms in total. The predicted molar refractivity (Wildman–Crippen MR) is 140 cm³/mol. The van der Waals surface area contributed by atoms with Crippen LogP contribution in [0.15, 0.2) is 36.0 Å². The van der Waals surface area contributed by atoms with E-state index in [0.717, 1.165) is 29.2 Å². The van der Waals surface area contributed by atoms with Crippen LogP contribution in [0.2, 0.25) is 0 Å². The highest BCUT2D eigenvalue weighted by Crippen LogP contribution is 2.35. The summed E-state index contributed by atoms with van der Waals surface area (Å²) in [5, 5.41) is 22.3. The zero-order chi connectivity index (χ0) is 24.8. The van der Waals surface area contributed by atoms with Crippen molar-refractivity contribution in [3.63, 3.8) is 0 Å². The normalized spacial score (nSPS) is 15.1. The van der Waals surface area contributed by atoms with Gasteiger partial charge in [0.1, 0.15) is 10.8 Å². The van der Waals surface area contributed by atoms with E-state index in [9.17, 15) is 4.79 Å². The van der Waals surface area contributed by atoms with Crippen LogP contribution in [0.1, 0.15) is 73.0 Å². The Labute approximate surface area is 214 Å². The average molecular weight is 513 g/mol. The molecule has 0 spiro atoms. The zero-order valence-electron chi connectivity index (χ0n) is 20.5. The maximum absolute atomic E-state index is 12.6. The topological polar surface area (TPSA) is 94.8 Å². The highest BCUT2D eigenvalue weighted by atomic mass is 32.2. The molecule has 4 rings (SSSR count). The van der Waals surface area contributed by atoms with Crippen LogP contribution in [0.3, 0.4) is 0 Å². The first-order chi connectivity index (χ1) is 16.9. The number of benzene rings is 1. The largest absolute Gasteiger partial charge is 0.482 e. The summed E-state index contributed by atoms with van der Waals surface area (Å²) in [5.41, 5.74) is 2.26. The van der Waals surface area contributed by atoms with Gasteiger partial charge in [-0.25, -0.2) is 0 Å². The maximum Gasteiger partial charge on any atom is 0.236 e. The zero-order valence-corrected chi connectivity index (χ0v) is 22.1. The van der Waals surface area contributed by atoms with E-state index in [4.69, 9.17) is 4.74 Å². The van der Waals surface area contributed by atoms with Crippen LogP contribution in [-0.4, -0.2) is 36.6 Å². The lowest BCUT2D eigenvalue weighted by Gasteiger charge is -2.18. The molecule has 1 fully saturated rings. The quantitative estimate of drug-likeness (QED) is 0.269. The lowest BCUT2D eigenvalue weighted by Crippen LogP contribution is -2.15. The minimum atomic E-state index is -0.313. The molecule has 186 valence electrons. The van der Waals surface area contributed by atoms with Crippen molar-refractivity contribution in [2.45, 2.75) is 76.6 Å². The van der Waals surface area contributed by atoms with Crippen molar-refractivity contribution in [2.75, 3.05) is 11.1 Å². The second-order valence-corrected chi connectivity index (χ2v) is 10.8. The molecule has 3 aromatic rings. The Morgan fingerprint density at radius 2 is 2.06 bits per heavy atom. The number of carbonyl (C=O) groups is 1. The van der Waals surface area contributed by atoms with E-state index in [1.54, 1.807) is 6.08 Å². The Morgan fingerprint density at radius 1 is 1.26 bits per heavy atom. The monoisotopic (exact) mass is 512 g/mol. The molecule has 1 aliphatic carbocycles. The van der Waals surface area contributed by atoms with E-state index < -0.39 is 0 Å². The van der Waals surface area contributed by atoms with Gasteiger partial charge in [0.05, 0.1) is 5.75 Å². The van der Waals surface area contributed by atoms with E-state index in [1.165, 1.54) is 47.9 Å². The molecule has 1 amide bonds. The highest BCUT2D eigenvalue weighted by molar-refractivity contribution is 7.99. The lowest BCUT2D eigenvalue weighted by molar-refractivity contribution is -0.113. The Bertz CT molecular complexity index is 1170. The van der Waals surface area contributed by atoms with Crippen molar-refractivity contribution < 1.29 is 9.53 Å². The molecule has 10 heteroatoms. The van der Waals surface area contributed by atoms with Gasteiger partial charge in [0.2, 0.25) is 11.0 Å².